The van der Waals surface area contributed by atoms with Gasteiger partial charge in [-0.05, 0) is 29.6 Å². The maximum Gasteiger partial charge on any atom is 0.265 e. The van der Waals surface area contributed by atoms with Gasteiger partial charge in [-0.15, -0.1) is 17.8 Å². The van der Waals surface area contributed by atoms with Gasteiger partial charge in [0.2, 0.25) is 0 Å². The summed E-state index contributed by atoms with van der Waals surface area (Å²) >= 11 is 1.41. The molecule has 0 aliphatic carbocycles. The summed E-state index contributed by atoms with van der Waals surface area (Å²) in [7, 11) is 0. The third-order valence-corrected chi connectivity index (χ3v) is 2.90. The number of hydrogen-bond acceptors (Lipinski definition) is 2. The molecule has 1 amide bonds. The molecule has 1 heterocycles. The minimum absolute atomic E-state index is 0.107. The molecular formula is C13H9NOS. The van der Waals surface area contributed by atoms with Gasteiger partial charge in [-0.2, -0.15) is 0 Å². The average Bonchev–Trinajstić information content (AvgIpc) is 2.83. The van der Waals surface area contributed by atoms with Crippen LogP contribution in [0.4, 0.5) is 5.69 Å². The first-order chi connectivity index (χ1) is 7.79. The summed E-state index contributed by atoms with van der Waals surface area (Å²) in [4.78, 5) is 12.4. The van der Waals surface area contributed by atoms with Crippen LogP contribution in [-0.2, 0) is 0 Å². The van der Waals surface area contributed by atoms with Crippen LogP contribution in [0.2, 0.25) is 0 Å². The molecule has 0 aliphatic heterocycles. The van der Waals surface area contributed by atoms with Gasteiger partial charge < -0.3 is 5.32 Å². The summed E-state index contributed by atoms with van der Waals surface area (Å²) in [6.07, 6.45) is 5.28. The van der Waals surface area contributed by atoms with E-state index >= 15 is 0 Å². The van der Waals surface area contributed by atoms with Gasteiger partial charge in [-0.1, -0.05) is 18.1 Å². The van der Waals surface area contributed by atoms with E-state index in [1.54, 1.807) is 12.1 Å². The molecule has 0 bridgehead atoms. The lowest BCUT2D eigenvalue weighted by Crippen LogP contribution is -2.09. The fourth-order valence-corrected chi connectivity index (χ4v) is 1.91. The summed E-state index contributed by atoms with van der Waals surface area (Å²) in [5.74, 6) is 2.42. The van der Waals surface area contributed by atoms with Crippen LogP contribution in [0.1, 0.15) is 15.2 Å². The third-order valence-electron chi connectivity index (χ3n) is 2.03. The fourth-order valence-electron chi connectivity index (χ4n) is 1.29. The predicted molar refractivity (Wildman–Crippen MR) is 66.6 cm³/mol. The molecule has 1 aromatic carbocycles. The molecule has 0 unspecified atom stereocenters. The zero-order valence-corrected chi connectivity index (χ0v) is 9.25. The largest absolute Gasteiger partial charge is 0.321 e. The summed E-state index contributed by atoms with van der Waals surface area (Å²) < 4.78 is 0. The average molecular weight is 227 g/mol. The number of rotatable bonds is 2. The highest BCUT2D eigenvalue weighted by Gasteiger charge is 2.06. The predicted octanol–water partition coefficient (Wildman–Crippen LogP) is 2.98. The first kappa shape index (κ1) is 10.5. The Morgan fingerprint density at radius 3 is 2.88 bits per heavy atom. The molecule has 0 atom stereocenters. The second-order valence-corrected chi connectivity index (χ2v) is 4.10. The molecule has 0 saturated heterocycles. The highest BCUT2D eigenvalue weighted by atomic mass is 32.1. The highest BCUT2D eigenvalue weighted by Crippen LogP contribution is 2.14. The van der Waals surface area contributed by atoms with E-state index in [0.717, 1.165) is 5.56 Å². The lowest BCUT2D eigenvalue weighted by atomic mass is 10.2. The molecule has 78 valence electrons. The van der Waals surface area contributed by atoms with Gasteiger partial charge >= 0.3 is 0 Å². The van der Waals surface area contributed by atoms with Crippen molar-refractivity contribution in [2.45, 2.75) is 0 Å². The van der Waals surface area contributed by atoms with E-state index in [1.807, 2.05) is 29.6 Å². The maximum atomic E-state index is 11.7. The fraction of sp³-hybridized carbons (Fsp3) is 0. The van der Waals surface area contributed by atoms with Crippen LogP contribution in [0.25, 0.3) is 0 Å². The quantitative estimate of drug-likeness (QED) is 0.785. The first-order valence-corrected chi connectivity index (χ1v) is 5.59. The van der Waals surface area contributed by atoms with Gasteiger partial charge in [-0.3, -0.25) is 4.79 Å². The van der Waals surface area contributed by atoms with Crippen LogP contribution in [0.15, 0.2) is 41.8 Å². The zero-order valence-electron chi connectivity index (χ0n) is 8.44. The van der Waals surface area contributed by atoms with E-state index in [-0.39, 0.29) is 5.91 Å². The smallest absolute Gasteiger partial charge is 0.265 e. The van der Waals surface area contributed by atoms with Crippen molar-refractivity contribution in [3.8, 4) is 12.3 Å². The molecule has 0 fully saturated rings. The van der Waals surface area contributed by atoms with E-state index in [9.17, 15) is 4.79 Å². The SMILES string of the molecule is C#Cc1cccc(NC(=O)c2cccs2)c1. The first-order valence-electron chi connectivity index (χ1n) is 4.71. The van der Waals surface area contributed by atoms with Crippen molar-refractivity contribution in [3.05, 3.63) is 52.2 Å². The Morgan fingerprint density at radius 2 is 2.19 bits per heavy atom. The molecule has 0 aliphatic rings. The number of nitrogens with one attached hydrogen (secondary N) is 1. The Kier molecular flexibility index (Phi) is 3.04. The zero-order chi connectivity index (χ0) is 11.4. The standard InChI is InChI=1S/C13H9NOS/c1-2-10-5-3-6-11(9-10)14-13(15)12-7-4-8-16-12/h1,3-9H,(H,14,15). The van der Waals surface area contributed by atoms with Crippen molar-refractivity contribution in [2.24, 2.45) is 0 Å². The van der Waals surface area contributed by atoms with E-state index < -0.39 is 0 Å². The minimum atomic E-state index is -0.107. The third kappa shape index (κ3) is 2.30. The van der Waals surface area contributed by atoms with Crippen LogP contribution < -0.4 is 5.32 Å². The van der Waals surface area contributed by atoms with Crippen LogP contribution in [0.3, 0.4) is 0 Å². The molecule has 0 radical (unpaired) electrons. The molecule has 3 heteroatoms. The molecule has 1 aromatic heterocycles. The Labute approximate surface area is 97.9 Å². The van der Waals surface area contributed by atoms with Gasteiger partial charge in [-0.25, -0.2) is 0 Å². The summed E-state index contributed by atoms with van der Waals surface area (Å²) in [6.45, 7) is 0. The van der Waals surface area contributed by atoms with Crippen LogP contribution >= 0.6 is 11.3 Å². The Hall–Kier alpha value is -2.05. The summed E-state index contributed by atoms with van der Waals surface area (Å²) in [6, 6.07) is 10.8. The molecule has 0 spiro atoms. The molecule has 0 saturated carbocycles. The number of carbonyl (C=O) groups excluding carboxylic acids is 1. The number of carbonyl (C=O) groups is 1. The second kappa shape index (κ2) is 4.65. The Bertz CT molecular complexity index is 537. The topological polar surface area (TPSA) is 29.1 Å². The monoisotopic (exact) mass is 227 g/mol. The van der Waals surface area contributed by atoms with Crippen molar-refractivity contribution < 1.29 is 4.79 Å². The molecule has 1 N–H and O–H groups in total. The Morgan fingerprint density at radius 1 is 1.31 bits per heavy atom. The lowest BCUT2D eigenvalue weighted by Gasteiger charge is -2.03. The van der Waals surface area contributed by atoms with E-state index in [4.69, 9.17) is 6.42 Å². The van der Waals surface area contributed by atoms with Gasteiger partial charge in [0.15, 0.2) is 0 Å². The minimum Gasteiger partial charge on any atom is -0.321 e. The van der Waals surface area contributed by atoms with Crippen molar-refractivity contribution in [1.82, 2.24) is 0 Å². The van der Waals surface area contributed by atoms with E-state index in [2.05, 4.69) is 11.2 Å². The maximum absolute atomic E-state index is 11.7. The molecule has 2 aromatic rings. The van der Waals surface area contributed by atoms with Crippen molar-refractivity contribution in [3.63, 3.8) is 0 Å². The summed E-state index contributed by atoms with van der Waals surface area (Å²) in [5.41, 5.74) is 1.47. The molecular weight excluding hydrogens is 218 g/mol. The number of anilines is 1. The van der Waals surface area contributed by atoms with E-state index in [1.165, 1.54) is 11.3 Å². The number of amides is 1. The normalized spacial score (nSPS) is 9.44. The lowest BCUT2D eigenvalue weighted by molar-refractivity contribution is 0.103. The molecule has 2 nitrogen and oxygen atoms in total. The van der Waals surface area contributed by atoms with Gasteiger partial charge in [0.25, 0.3) is 5.91 Å². The van der Waals surface area contributed by atoms with Gasteiger partial charge in [0.1, 0.15) is 0 Å². The van der Waals surface area contributed by atoms with Crippen molar-refractivity contribution in [1.29, 1.82) is 0 Å². The summed E-state index contributed by atoms with van der Waals surface area (Å²) in [5, 5.41) is 4.66. The van der Waals surface area contributed by atoms with Crippen LogP contribution in [-0.4, -0.2) is 5.91 Å². The van der Waals surface area contributed by atoms with Crippen LogP contribution in [0.5, 0.6) is 0 Å². The highest BCUT2D eigenvalue weighted by molar-refractivity contribution is 7.12. The number of terminal acetylenes is 1. The number of hydrogen-bond donors (Lipinski definition) is 1. The van der Waals surface area contributed by atoms with Crippen LogP contribution in [0, 0.1) is 12.3 Å². The second-order valence-electron chi connectivity index (χ2n) is 3.16. The van der Waals surface area contributed by atoms with Gasteiger partial charge in [0.05, 0.1) is 4.88 Å². The van der Waals surface area contributed by atoms with Gasteiger partial charge in [0, 0.05) is 11.3 Å². The molecule has 16 heavy (non-hydrogen) atoms. The van der Waals surface area contributed by atoms with Crippen molar-refractivity contribution in [2.75, 3.05) is 5.32 Å². The van der Waals surface area contributed by atoms with Crippen molar-refractivity contribution >= 4 is 22.9 Å². The number of thiophene rings is 1. The Balaban J connectivity index is 2.16. The van der Waals surface area contributed by atoms with E-state index in [0.29, 0.717) is 10.6 Å². The molecule has 2 rings (SSSR count). The number of benzene rings is 1.